The van der Waals surface area contributed by atoms with Crippen LogP contribution < -0.4 is 0 Å². The van der Waals surface area contributed by atoms with E-state index in [-0.39, 0.29) is 28.3 Å². The van der Waals surface area contributed by atoms with E-state index in [1.54, 1.807) is 5.57 Å². The van der Waals surface area contributed by atoms with Gasteiger partial charge in [0.1, 0.15) is 6.10 Å². The third-order valence-electron chi connectivity index (χ3n) is 13.5. The van der Waals surface area contributed by atoms with Gasteiger partial charge in [-0.25, -0.2) is 4.79 Å². The summed E-state index contributed by atoms with van der Waals surface area (Å²) < 4.78 is 12.7. The molecule has 1 saturated heterocycles. The molecule has 6 heteroatoms. The van der Waals surface area contributed by atoms with Crippen LogP contribution in [0.4, 0.5) is 0 Å². The quantitative estimate of drug-likeness (QED) is 0.116. The van der Waals surface area contributed by atoms with Crippen LogP contribution in [0.15, 0.2) is 47.6 Å². The molecule has 2 unspecified atom stereocenters. The van der Waals surface area contributed by atoms with Gasteiger partial charge in [-0.2, -0.15) is 0 Å². The summed E-state index contributed by atoms with van der Waals surface area (Å²) >= 11 is 0. The van der Waals surface area contributed by atoms with Gasteiger partial charge in [0.05, 0.1) is 6.10 Å². The van der Waals surface area contributed by atoms with Gasteiger partial charge in [-0.05, 0) is 129 Å². The average Bonchev–Trinajstić information content (AvgIpc) is 3.41. The third kappa shape index (κ3) is 7.76. The number of hydrogen-bond donors (Lipinski definition) is 1. The molecular formula is C39H66O4Si2. The summed E-state index contributed by atoms with van der Waals surface area (Å²) in [7, 11) is -4.34. The summed E-state index contributed by atoms with van der Waals surface area (Å²) in [6, 6.07) is 0. The van der Waals surface area contributed by atoms with Gasteiger partial charge in [0, 0.05) is 12.0 Å². The maximum Gasteiger partial charge on any atom is 0.333 e. The minimum atomic E-state index is -2.36. The Balaban J connectivity index is 1.56. The van der Waals surface area contributed by atoms with E-state index in [9.17, 15) is 9.59 Å². The SMILES string of the molecule is C=C1C[C@H](C[C@@H](C)C2CCC3/C(=C/C=C4\C[C@@H](CC(C)(C)[Si](C)(C)O)C(=C)[C@H](O[Si](C)(C)C(C)(C)C)C4)CCC[C@@]32C)OC1=O. The third-order valence-corrected chi connectivity index (χ3v) is 21.5. The fourth-order valence-electron chi connectivity index (χ4n) is 8.80. The second-order valence-electron chi connectivity index (χ2n) is 18.4. The highest BCUT2D eigenvalue weighted by Crippen LogP contribution is 2.60. The molecule has 45 heavy (non-hydrogen) atoms. The molecule has 4 fully saturated rings. The number of carbonyl (C=O) groups excluding carboxylic acids is 1. The first-order chi connectivity index (χ1) is 20.6. The second-order valence-corrected chi connectivity index (χ2v) is 27.6. The van der Waals surface area contributed by atoms with Crippen LogP contribution in [-0.4, -0.2) is 39.6 Å². The normalized spacial score (nSPS) is 34.4. The van der Waals surface area contributed by atoms with Gasteiger partial charge in [0.2, 0.25) is 0 Å². The number of ether oxygens (including phenoxy) is 1. The highest BCUT2D eigenvalue weighted by molar-refractivity contribution is 6.74. The Morgan fingerprint density at radius 2 is 1.73 bits per heavy atom. The maximum absolute atomic E-state index is 12.0. The van der Waals surface area contributed by atoms with Crippen LogP contribution in [0.5, 0.6) is 0 Å². The molecule has 0 spiro atoms. The van der Waals surface area contributed by atoms with E-state index in [4.69, 9.17) is 9.16 Å². The molecule has 7 atom stereocenters. The van der Waals surface area contributed by atoms with Crippen LogP contribution in [0.3, 0.4) is 0 Å². The molecule has 4 rings (SSSR count). The summed E-state index contributed by atoms with van der Waals surface area (Å²) in [6.07, 6.45) is 15.8. The maximum atomic E-state index is 12.0. The Hall–Kier alpha value is -1.22. The number of fused-ring (bicyclic) bond motifs is 1. The minimum absolute atomic E-state index is 0.00511. The number of hydrogen-bond acceptors (Lipinski definition) is 4. The lowest BCUT2D eigenvalue weighted by Gasteiger charge is -2.45. The highest BCUT2D eigenvalue weighted by Gasteiger charge is 2.51. The van der Waals surface area contributed by atoms with E-state index < -0.39 is 16.6 Å². The molecular weight excluding hydrogens is 589 g/mol. The lowest BCUT2D eigenvalue weighted by Crippen LogP contribution is -2.46. The van der Waals surface area contributed by atoms with Crippen molar-refractivity contribution in [2.45, 2.75) is 161 Å². The second kappa shape index (κ2) is 13.0. The minimum Gasteiger partial charge on any atom is -0.459 e. The van der Waals surface area contributed by atoms with E-state index in [1.165, 1.54) is 43.3 Å². The van der Waals surface area contributed by atoms with Crippen LogP contribution in [0.2, 0.25) is 36.3 Å². The van der Waals surface area contributed by atoms with E-state index >= 15 is 0 Å². The molecule has 0 aromatic carbocycles. The zero-order chi connectivity index (χ0) is 33.8. The molecule has 254 valence electrons. The largest absolute Gasteiger partial charge is 0.459 e. The number of esters is 1. The first-order valence-corrected chi connectivity index (χ1v) is 23.8. The predicted molar refractivity (Wildman–Crippen MR) is 194 cm³/mol. The Bertz CT molecular complexity index is 1150. The summed E-state index contributed by atoms with van der Waals surface area (Å²) in [4.78, 5) is 23.1. The number of allylic oxidation sites excluding steroid dienone is 3. The zero-order valence-electron chi connectivity index (χ0n) is 30.8. The van der Waals surface area contributed by atoms with Gasteiger partial charge >= 0.3 is 5.97 Å². The molecule has 4 aliphatic rings. The van der Waals surface area contributed by atoms with Crippen molar-refractivity contribution in [3.63, 3.8) is 0 Å². The standard InChI is InChI=1S/C39H66O4Si2/c1-26(21-32-22-27(2)36(40)42-32)33-18-19-34-30(15-14-20-39(33,34)9)17-16-29-23-31(25-38(7,8)44(10,11)41)28(3)35(24-29)43-45(12,13)37(4,5)6/h16-17,26,31-35,41H,2-3,14-15,18-25H2,1,4-13H3/b29-16+,30-17+/t26-,31+,32+,33?,34?,35-,39-/m1/s1. The first-order valence-electron chi connectivity index (χ1n) is 17.9. The van der Waals surface area contributed by atoms with E-state index in [0.717, 1.165) is 25.7 Å². The summed E-state index contributed by atoms with van der Waals surface area (Å²) in [5.74, 6) is 1.94. The van der Waals surface area contributed by atoms with Crippen LogP contribution in [0, 0.1) is 29.1 Å². The Morgan fingerprint density at radius 3 is 2.31 bits per heavy atom. The summed E-state index contributed by atoms with van der Waals surface area (Å²) in [6.45, 7) is 33.9. The smallest absolute Gasteiger partial charge is 0.333 e. The summed E-state index contributed by atoms with van der Waals surface area (Å²) in [5, 5.41) is 0.0370. The molecule has 3 saturated carbocycles. The van der Waals surface area contributed by atoms with Crippen molar-refractivity contribution in [2.24, 2.45) is 29.1 Å². The molecule has 0 aromatic rings. The number of cyclic esters (lactones) is 1. The lowest BCUT2D eigenvalue weighted by molar-refractivity contribution is -0.139. The van der Waals surface area contributed by atoms with E-state index in [2.05, 4.69) is 100.0 Å². The average molecular weight is 655 g/mol. The molecule has 0 amide bonds. The molecule has 3 aliphatic carbocycles. The molecule has 1 heterocycles. The summed E-state index contributed by atoms with van der Waals surface area (Å²) in [5.41, 5.74) is 5.30. The van der Waals surface area contributed by atoms with Gasteiger partial charge in [0.15, 0.2) is 16.6 Å². The molecule has 1 N–H and O–H groups in total. The van der Waals surface area contributed by atoms with Gasteiger partial charge in [-0.15, -0.1) is 0 Å². The van der Waals surface area contributed by atoms with Crippen molar-refractivity contribution in [3.05, 3.63) is 47.6 Å². The monoisotopic (exact) mass is 654 g/mol. The van der Waals surface area contributed by atoms with Crippen molar-refractivity contribution >= 4 is 22.6 Å². The zero-order valence-corrected chi connectivity index (χ0v) is 32.8. The highest BCUT2D eigenvalue weighted by atomic mass is 28.4. The van der Waals surface area contributed by atoms with Crippen molar-refractivity contribution in [2.75, 3.05) is 0 Å². The van der Waals surface area contributed by atoms with E-state index in [1.807, 2.05) is 0 Å². The number of carbonyl (C=O) groups is 1. The molecule has 0 bridgehead atoms. The lowest BCUT2D eigenvalue weighted by atomic mass is 9.60. The van der Waals surface area contributed by atoms with Gasteiger partial charge in [-0.1, -0.05) is 84.9 Å². The Kier molecular flexibility index (Phi) is 10.6. The van der Waals surface area contributed by atoms with Crippen LogP contribution >= 0.6 is 0 Å². The van der Waals surface area contributed by atoms with Gasteiger partial charge in [0.25, 0.3) is 0 Å². The first kappa shape index (κ1) is 36.6. The Labute approximate surface area is 278 Å². The number of rotatable bonds is 9. The van der Waals surface area contributed by atoms with Crippen molar-refractivity contribution in [1.29, 1.82) is 0 Å². The fourth-order valence-corrected chi connectivity index (χ4v) is 10.8. The molecule has 0 radical (unpaired) electrons. The van der Waals surface area contributed by atoms with Crippen LogP contribution in [0.25, 0.3) is 0 Å². The van der Waals surface area contributed by atoms with Crippen LogP contribution in [0.1, 0.15) is 113 Å². The van der Waals surface area contributed by atoms with Crippen LogP contribution in [-0.2, 0) is 14.0 Å². The topological polar surface area (TPSA) is 55.8 Å². The fraction of sp³-hybridized carbons (Fsp3) is 0.769. The van der Waals surface area contributed by atoms with Crippen molar-refractivity contribution in [1.82, 2.24) is 0 Å². The van der Waals surface area contributed by atoms with Gasteiger partial charge in [-0.3, -0.25) is 0 Å². The molecule has 0 aromatic heterocycles. The van der Waals surface area contributed by atoms with Crippen molar-refractivity contribution < 1.29 is 18.8 Å². The molecule has 4 nitrogen and oxygen atoms in total. The van der Waals surface area contributed by atoms with Crippen molar-refractivity contribution in [3.8, 4) is 0 Å². The molecule has 1 aliphatic heterocycles. The Morgan fingerprint density at radius 1 is 1.07 bits per heavy atom. The van der Waals surface area contributed by atoms with E-state index in [0.29, 0.717) is 41.1 Å². The van der Waals surface area contributed by atoms with Gasteiger partial charge < -0.3 is 14.0 Å². The predicted octanol–water partition coefficient (Wildman–Crippen LogP) is 10.7.